The molecule has 0 spiro atoms. The van der Waals surface area contributed by atoms with E-state index in [1.54, 1.807) is 12.3 Å². The monoisotopic (exact) mass is 358 g/mol. The molecular formula is C22H22N4O. The van der Waals surface area contributed by atoms with Crippen molar-refractivity contribution in [1.29, 1.82) is 0 Å². The molecule has 27 heavy (non-hydrogen) atoms. The van der Waals surface area contributed by atoms with Gasteiger partial charge < -0.3 is 9.80 Å². The van der Waals surface area contributed by atoms with Crippen molar-refractivity contribution >= 4 is 23.2 Å². The normalized spacial score (nSPS) is 13.1. The molecule has 1 aliphatic heterocycles. The van der Waals surface area contributed by atoms with E-state index in [1.165, 1.54) is 5.56 Å². The summed E-state index contributed by atoms with van der Waals surface area (Å²) in [5, 5.41) is 0. The van der Waals surface area contributed by atoms with Crippen LogP contribution in [-0.2, 0) is 6.42 Å². The van der Waals surface area contributed by atoms with Crippen molar-refractivity contribution in [2.75, 3.05) is 22.9 Å². The van der Waals surface area contributed by atoms with Crippen molar-refractivity contribution in [1.82, 2.24) is 9.97 Å². The third-order valence-electron chi connectivity index (χ3n) is 4.84. The van der Waals surface area contributed by atoms with Crippen molar-refractivity contribution in [2.24, 2.45) is 0 Å². The van der Waals surface area contributed by atoms with Gasteiger partial charge in [0.05, 0.1) is 0 Å². The smallest absolute Gasteiger partial charge is 0.277 e. The first kappa shape index (κ1) is 17.2. The lowest BCUT2D eigenvalue weighted by Gasteiger charge is -2.29. The summed E-state index contributed by atoms with van der Waals surface area (Å²) < 4.78 is 0. The van der Waals surface area contributed by atoms with Crippen molar-refractivity contribution in [3.63, 3.8) is 0 Å². The van der Waals surface area contributed by atoms with E-state index in [0.717, 1.165) is 24.2 Å². The van der Waals surface area contributed by atoms with Crippen molar-refractivity contribution in [3.05, 3.63) is 78.1 Å². The Morgan fingerprint density at radius 3 is 2.67 bits per heavy atom. The Morgan fingerprint density at radius 2 is 1.85 bits per heavy atom. The van der Waals surface area contributed by atoms with Crippen LogP contribution in [0.4, 0.5) is 17.3 Å². The summed E-state index contributed by atoms with van der Waals surface area (Å²) in [6.07, 6.45) is 3.63. The van der Waals surface area contributed by atoms with Crippen LogP contribution in [0.5, 0.6) is 0 Å². The summed E-state index contributed by atoms with van der Waals surface area (Å²) in [4.78, 5) is 26.0. The topological polar surface area (TPSA) is 49.3 Å². The van der Waals surface area contributed by atoms with E-state index >= 15 is 0 Å². The molecule has 2 aromatic carbocycles. The lowest BCUT2D eigenvalue weighted by atomic mass is 10.0. The average molecular weight is 358 g/mol. The van der Waals surface area contributed by atoms with E-state index in [1.807, 2.05) is 65.3 Å². The van der Waals surface area contributed by atoms with Crippen LogP contribution in [0.2, 0.25) is 0 Å². The lowest BCUT2D eigenvalue weighted by Crippen LogP contribution is -2.36. The summed E-state index contributed by atoms with van der Waals surface area (Å²) in [7, 11) is 0. The average Bonchev–Trinajstić information content (AvgIpc) is 2.74. The standard InChI is InChI=1S/C22H22N4O/c1-2-25(18-11-4-3-5-12-18)22-23-15-14-19(24-22)21(27)26-16-8-10-17-9-6-7-13-20(17)26/h3-7,9,11-15H,2,8,10,16H2,1H3. The van der Waals surface area contributed by atoms with Gasteiger partial charge in [-0.05, 0) is 49.6 Å². The molecule has 0 unspecified atom stereocenters. The molecule has 1 aromatic heterocycles. The van der Waals surface area contributed by atoms with Crippen LogP contribution >= 0.6 is 0 Å². The van der Waals surface area contributed by atoms with Gasteiger partial charge in [-0.1, -0.05) is 36.4 Å². The molecule has 0 saturated heterocycles. The van der Waals surface area contributed by atoms with Crippen molar-refractivity contribution < 1.29 is 4.79 Å². The van der Waals surface area contributed by atoms with E-state index in [4.69, 9.17) is 0 Å². The first-order valence-corrected chi connectivity index (χ1v) is 9.33. The van der Waals surface area contributed by atoms with Gasteiger partial charge in [0.2, 0.25) is 5.95 Å². The van der Waals surface area contributed by atoms with Gasteiger partial charge in [-0.15, -0.1) is 0 Å². The number of aromatic nitrogens is 2. The molecule has 4 rings (SSSR count). The third-order valence-corrected chi connectivity index (χ3v) is 4.84. The maximum absolute atomic E-state index is 13.2. The molecule has 0 atom stereocenters. The maximum atomic E-state index is 13.2. The minimum atomic E-state index is -0.0742. The fraction of sp³-hybridized carbons (Fsp3) is 0.227. The minimum absolute atomic E-state index is 0.0742. The highest BCUT2D eigenvalue weighted by Gasteiger charge is 2.25. The zero-order valence-electron chi connectivity index (χ0n) is 15.4. The van der Waals surface area contributed by atoms with Gasteiger partial charge in [0.25, 0.3) is 5.91 Å². The Balaban J connectivity index is 1.66. The Hall–Kier alpha value is -3.21. The van der Waals surface area contributed by atoms with E-state index in [9.17, 15) is 4.79 Å². The lowest BCUT2D eigenvalue weighted by molar-refractivity contribution is 0.0980. The van der Waals surface area contributed by atoms with Gasteiger partial charge in [-0.25, -0.2) is 9.97 Å². The number of fused-ring (bicyclic) bond motifs is 1. The number of carbonyl (C=O) groups excluding carboxylic acids is 1. The predicted octanol–water partition coefficient (Wildman–Crippen LogP) is 4.23. The Bertz CT molecular complexity index is 942. The number of benzene rings is 2. The van der Waals surface area contributed by atoms with Gasteiger partial charge in [0, 0.05) is 30.7 Å². The minimum Gasteiger partial charge on any atom is -0.311 e. The van der Waals surface area contributed by atoms with Crippen LogP contribution in [0, 0.1) is 0 Å². The molecule has 0 bridgehead atoms. The largest absolute Gasteiger partial charge is 0.311 e. The van der Waals surface area contributed by atoms with Crippen LogP contribution < -0.4 is 9.80 Å². The van der Waals surface area contributed by atoms with E-state index < -0.39 is 0 Å². The molecule has 1 aliphatic rings. The molecule has 0 radical (unpaired) electrons. The van der Waals surface area contributed by atoms with Gasteiger partial charge in [-0.2, -0.15) is 0 Å². The number of nitrogens with zero attached hydrogens (tertiary/aromatic N) is 4. The number of rotatable bonds is 4. The Labute approximate surface area is 159 Å². The zero-order chi connectivity index (χ0) is 18.6. The SMILES string of the molecule is CCN(c1ccccc1)c1nccc(C(=O)N2CCCc3ccccc32)n1. The van der Waals surface area contributed by atoms with Crippen LogP contribution in [-0.4, -0.2) is 29.0 Å². The molecular weight excluding hydrogens is 336 g/mol. The fourth-order valence-electron chi connectivity index (χ4n) is 3.53. The van der Waals surface area contributed by atoms with E-state index in [-0.39, 0.29) is 5.91 Å². The predicted molar refractivity (Wildman–Crippen MR) is 108 cm³/mol. The van der Waals surface area contributed by atoms with Crippen LogP contribution in [0.25, 0.3) is 0 Å². The number of amides is 1. The summed E-state index contributed by atoms with van der Waals surface area (Å²) in [5.41, 5.74) is 3.63. The van der Waals surface area contributed by atoms with Gasteiger partial charge in [0.15, 0.2) is 0 Å². The molecule has 0 N–H and O–H groups in total. The highest BCUT2D eigenvalue weighted by molar-refractivity contribution is 6.05. The van der Waals surface area contributed by atoms with Gasteiger partial charge in [0.1, 0.15) is 5.69 Å². The fourth-order valence-corrected chi connectivity index (χ4v) is 3.53. The van der Waals surface area contributed by atoms with E-state index in [0.29, 0.717) is 24.7 Å². The quantitative estimate of drug-likeness (QED) is 0.700. The Kier molecular flexibility index (Phi) is 4.83. The second-order valence-corrected chi connectivity index (χ2v) is 6.51. The van der Waals surface area contributed by atoms with Gasteiger partial charge >= 0.3 is 0 Å². The molecule has 2 heterocycles. The molecule has 0 fully saturated rings. The number of aryl methyl sites for hydroxylation is 1. The molecule has 1 amide bonds. The molecule has 0 saturated carbocycles. The summed E-state index contributed by atoms with van der Waals surface area (Å²) in [6, 6.07) is 19.8. The molecule has 136 valence electrons. The number of para-hydroxylation sites is 2. The first-order chi connectivity index (χ1) is 13.3. The van der Waals surface area contributed by atoms with Crippen LogP contribution in [0.3, 0.4) is 0 Å². The van der Waals surface area contributed by atoms with Crippen molar-refractivity contribution in [3.8, 4) is 0 Å². The number of anilines is 3. The van der Waals surface area contributed by atoms with Crippen LogP contribution in [0.1, 0.15) is 29.4 Å². The third kappa shape index (κ3) is 3.40. The summed E-state index contributed by atoms with van der Waals surface area (Å²) in [6.45, 7) is 3.48. The number of carbonyl (C=O) groups is 1. The van der Waals surface area contributed by atoms with Gasteiger partial charge in [-0.3, -0.25) is 4.79 Å². The van der Waals surface area contributed by atoms with Crippen molar-refractivity contribution in [2.45, 2.75) is 19.8 Å². The summed E-state index contributed by atoms with van der Waals surface area (Å²) >= 11 is 0. The molecule has 0 aliphatic carbocycles. The van der Waals surface area contributed by atoms with Crippen LogP contribution in [0.15, 0.2) is 66.9 Å². The van der Waals surface area contributed by atoms with E-state index in [2.05, 4.69) is 16.0 Å². The Morgan fingerprint density at radius 1 is 1.07 bits per heavy atom. The first-order valence-electron chi connectivity index (χ1n) is 9.33. The zero-order valence-corrected chi connectivity index (χ0v) is 15.4. The molecule has 3 aromatic rings. The summed E-state index contributed by atoms with van der Waals surface area (Å²) in [5.74, 6) is 0.467. The number of hydrogen-bond donors (Lipinski definition) is 0. The molecule has 5 nitrogen and oxygen atoms in total. The second-order valence-electron chi connectivity index (χ2n) is 6.51. The highest BCUT2D eigenvalue weighted by Crippen LogP contribution is 2.28. The maximum Gasteiger partial charge on any atom is 0.277 e. The number of hydrogen-bond acceptors (Lipinski definition) is 4. The second kappa shape index (κ2) is 7.58. The highest BCUT2D eigenvalue weighted by atomic mass is 16.2. The molecule has 5 heteroatoms.